The van der Waals surface area contributed by atoms with Crippen LogP contribution < -0.4 is 5.32 Å². The van der Waals surface area contributed by atoms with Crippen LogP contribution in [0.15, 0.2) is 40.8 Å². The Morgan fingerprint density at radius 2 is 1.57 bits per heavy atom. The average Bonchev–Trinajstić information content (AvgIpc) is 3.14. The molecule has 2 aromatic rings. The number of aliphatic hydroxyl groups is 1. The molecule has 2 N–H and O–H groups in total. The molecule has 4 bridgehead atoms. The second-order valence-electron chi connectivity index (χ2n) is 9.95. The fourth-order valence-electron chi connectivity index (χ4n) is 6.73. The molecule has 4 fully saturated rings. The molecular weight excluding hydrogens is 346 g/mol. The number of furan rings is 1. The predicted octanol–water partition coefficient (Wildman–Crippen LogP) is 5.69. The zero-order chi connectivity index (χ0) is 19.3. The van der Waals surface area contributed by atoms with Crippen molar-refractivity contribution in [2.24, 2.45) is 23.2 Å². The average molecular weight is 380 g/mol. The number of hydrogen-bond acceptors (Lipinski definition) is 3. The molecule has 0 aliphatic heterocycles. The Hall–Kier alpha value is -1.58. The number of rotatable bonds is 6. The first-order chi connectivity index (χ1) is 13.5. The molecule has 0 saturated heterocycles. The lowest BCUT2D eigenvalue weighted by atomic mass is 9.48. The predicted molar refractivity (Wildman–Crippen MR) is 112 cm³/mol. The van der Waals surface area contributed by atoms with Crippen molar-refractivity contribution in [3.63, 3.8) is 0 Å². The van der Waals surface area contributed by atoms with Crippen LogP contribution in [0.1, 0.15) is 69.8 Å². The summed E-state index contributed by atoms with van der Waals surface area (Å²) < 4.78 is 6.11. The zero-order valence-electron chi connectivity index (χ0n) is 17.2. The molecule has 150 valence electrons. The molecule has 0 amide bonds. The summed E-state index contributed by atoms with van der Waals surface area (Å²) in [7, 11) is 0. The van der Waals surface area contributed by atoms with E-state index in [9.17, 15) is 5.11 Å². The third kappa shape index (κ3) is 3.33. The summed E-state index contributed by atoms with van der Waals surface area (Å²) in [6.45, 7) is 5.00. The van der Waals surface area contributed by atoms with Crippen molar-refractivity contribution in [3.05, 3.63) is 47.7 Å². The van der Waals surface area contributed by atoms with Crippen molar-refractivity contribution >= 4 is 0 Å². The first kappa shape index (κ1) is 18.4. The zero-order valence-corrected chi connectivity index (χ0v) is 17.2. The van der Waals surface area contributed by atoms with Crippen molar-refractivity contribution in [2.75, 3.05) is 0 Å². The van der Waals surface area contributed by atoms with Crippen molar-refractivity contribution in [2.45, 2.75) is 71.1 Å². The fraction of sp³-hybridized carbons (Fsp3) is 0.600. The highest BCUT2D eigenvalue weighted by atomic mass is 16.3. The van der Waals surface area contributed by atoms with Gasteiger partial charge in [0.05, 0.1) is 12.6 Å². The number of hydrogen-bond donors (Lipinski definition) is 2. The molecule has 4 saturated carbocycles. The van der Waals surface area contributed by atoms with E-state index in [1.807, 2.05) is 24.3 Å². The van der Waals surface area contributed by atoms with Gasteiger partial charge in [0.2, 0.25) is 0 Å². The Morgan fingerprint density at radius 1 is 0.964 bits per heavy atom. The van der Waals surface area contributed by atoms with Gasteiger partial charge in [-0.3, -0.25) is 0 Å². The molecule has 28 heavy (non-hydrogen) atoms. The standard InChI is InChI=1S/C25H33NO2/c1-16(27)21-3-5-22(6-4-21)24-8-7-23(28-24)15-26-17(2)25-12-18-9-19(13-25)11-20(10-18)14-25/h3-8,16-20,26-27H,9-15H2,1-2H3/t16-,17-,18?,19?,20?,25?/m1/s1. The van der Waals surface area contributed by atoms with E-state index < -0.39 is 6.10 Å². The lowest BCUT2D eigenvalue weighted by Crippen LogP contribution is -2.54. The van der Waals surface area contributed by atoms with E-state index >= 15 is 0 Å². The van der Waals surface area contributed by atoms with Crippen molar-refractivity contribution in [1.82, 2.24) is 5.32 Å². The van der Waals surface area contributed by atoms with Gasteiger partial charge in [0.1, 0.15) is 11.5 Å². The molecule has 0 radical (unpaired) electrons. The van der Waals surface area contributed by atoms with Gasteiger partial charge >= 0.3 is 0 Å². The van der Waals surface area contributed by atoms with Crippen LogP contribution in [-0.4, -0.2) is 11.1 Å². The number of nitrogens with one attached hydrogen (secondary N) is 1. The molecule has 0 spiro atoms. The Bertz CT molecular complexity index is 784. The van der Waals surface area contributed by atoms with E-state index in [0.717, 1.165) is 46.9 Å². The van der Waals surface area contributed by atoms with E-state index in [4.69, 9.17) is 4.42 Å². The molecular formula is C25H33NO2. The highest BCUT2D eigenvalue weighted by molar-refractivity contribution is 5.58. The highest BCUT2D eigenvalue weighted by Crippen LogP contribution is 2.61. The molecule has 2 atom stereocenters. The number of aliphatic hydroxyl groups excluding tert-OH is 1. The van der Waals surface area contributed by atoms with E-state index in [0.29, 0.717) is 11.5 Å². The van der Waals surface area contributed by atoms with Gasteiger partial charge < -0.3 is 14.8 Å². The van der Waals surface area contributed by atoms with E-state index in [1.165, 1.54) is 38.5 Å². The third-order valence-electron chi connectivity index (χ3n) is 7.93. The van der Waals surface area contributed by atoms with Crippen molar-refractivity contribution < 1.29 is 9.52 Å². The molecule has 6 rings (SSSR count). The van der Waals surface area contributed by atoms with Crippen LogP contribution in [0, 0.1) is 23.2 Å². The van der Waals surface area contributed by atoms with Crippen LogP contribution >= 0.6 is 0 Å². The number of benzene rings is 1. The van der Waals surface area contributed by atoms with E-state index in [2.05, 4.69) is 24.4 Å². The maximum absolute atomic E-state index is 9.67. The second-order valence-corrected chi connectivity index (χ2v) is 9.95. The maximum atomic E-state index is 9.67. The quantitative estimate of drug-likeness (QED) is 0.677. The molecule has 0 unspecified atom stereocenters. The smallest absolute Gasteiger partial charge is 0.134 e. The minimum absolute atomic E-state index is 0.434. The van der Waals surface area contributed by atoms with Gasteiger partial charge in [-0.25, -0.2) is 0 Å². The van der Waals surface area contributed by atoms with Crippen LogP contribution in [-0.2, 0) is 6.54 Å². The molecule has 4 aliphatic rings. The summed E-state index contributed by atoms with van der Waals surface area (Å²) >= 11 is 0. The van der Waals surface area contributed by atoms with Gasteiger partial charge in [-0.2, -0.15) is 0 Å². The van der Waals surface area contributed by atoms with Gasteiger partial charge in [0.25, 0.3) is 0 Å². The van der Waals surface area contributed by atoms with Gasteiger partial charge in [0, 0.05) is 11.6 Å². The van der Waals surface area contributed by atoms with E-state index in [1.54, 1.807) is 6.92 Å². The highest BCUT2D eigenvalue weighted by Gasteiger charge is 2.52. The second kappa shape index (κ2) is 7.03. The summed E-state index contributed by atoms with van der Waals surface area (Å²) in [5, 5.41) is 13.5. The first-order valence-electron chi connectivity index (χ1n) is 11.1. The minimum atomic E-state index is -0.434. The fourth-order valence-corrected chi connectivity index (χ4v) is 6.73. The van der Waals surface area contributed by atoms with Gasteiger partial charge in [0.15, 0.2) is 0 Å². The summed E-state index contributed by atoms with van der Waals surface area (Å²) in [6, 6.07) is 12.7. The molecule has 3 heteroatoms. The van der Waals surface area contributed by atoms with Crippen LogP contribution in [0.25, 0.3) is 11.3 Å². The van der Waals surface area contributed by atoms with Gasteiger partial charge in [-0.05, 0) is 93.2 Å². The van der Waals surface area contributed by atoms with Crippen LogP contribution in [0.5, 0.6) is 0 Å². The largest absolute Gasteiger partial charge is 0.460 e. The van der Waals surface area contributed by atoms with Crippen LogP contribution in [0.2, 0.25) is 0 Å². The van der Waals surface area contributed by atoms with Crippen molar-refractivity contribution in [1.29, 1.82) is 0 Å². The Kier molecular flexibility index (Phi) is 4.64. The van der Waals surface area contributed by atoms with E-state index in [-0.39, 0.29) is 0 Å². The topological polar surface area (TPSA) is 45.4 Å². The normalized spacial score (nSPS) is 33.2. The van der Waals surface area contributed by atoms with Gasteiger partial charge in [-0.1, -0.05) is 24.3 Å². The Labute approximate surface area is 168 Å². The van der Waals surface area contributed by atoms with Crippen molar-refractivity contribution in [3.8, 4) is 11.3 Å². The lowest BCUT2D eigenvalue weighted by Gasteiger charge is -2.59. The summed E-state index contributed by atoms with van der Waals surface area (Å²) in [5.74, 6) is 4.89. The lowest BCUT2D eigenvalue weighted by molar-refractivity contribution is -0.0708. The van der Waals surface area contributed by atoms with Crippen LogP contribution in [0.4, 0.5) is 0 Å². The maximum Gasteiger partial charge on any atom is 0.134 e. The Balaban J connectivity index is 1.23. The summed E-state index contributed by atoms with van der Waals surface area (Å²) in [4.78, 5) is 0. The minimum Gasteiger partial charge on any atom is -0.460 e. The molecule has 3 nitrogen and oxygen atoms in total. The van der Waals surface area contributed by atoms with Crippen LogP contribution in [0.3, 0.4) is 0 Å². The van der Waals surface area contributed by atoms with Gasteiger partial charge in [-0.15, -0.1) is 0 Å². The molecule has 1 aromatic heterocycles. The Morgan fingerprint density at radius 3 is 2.14 bits per heavy atom. The summed E-state index contributed by atoms with van der Waals surface area (Å²) in [6.07, 6.45) is 8.38. The summed E-state index contributed by atoms with van der Waals surface area (Å²) in [5.41, 5.74) is 2.52. The first-order valence-corrected chi connectivity index (χ1v) is 11.1. The molecule has 1 aromatic carbocycles. The monoisotopic (exact) mass is 379 g/mol. The molecule has 4 aliphatic carbocycles. The third-order valence-corrected chi connectivity index (χ3v) is 7.93. The SMILES string of the molecule is C[C@@H](O)c1ccc(-c2ccc(CN[C@H](C)C34CC5CC(CC(C5)C3)C4)o2)cc1. The molecule has 1 heterocycles.